The van der Waals surface area contributed by atoms with Crippen molar-refractivity contribution in [2.24, 2.45) is 61.1 Å². The van der Waals surface area contributed by atoms with E-state index in [1.165, 1.54) is 38.5 Å². The Kier molecular flexibility index (Phi) is 19.2. The lowest BCUT2D eigenvalue weighted by molar-refractivity contribution is 0.0290. The van der Waals surface area contributed by atoms with Gasteiger partial charge in [0, 0.05) is 19.8 Å². The second kappa shape index (κ2) is 18.4. The van der Waals surface area contributed by atoms with Crippen molar-refractivity contribution in [3.05, 3.63) is 0 Å². The summed E-state index contributed by atoms with van der Waals surface area (Å²) in [5.41, 5.74) is 4.01. The van der Waals surface area contributed by atoms with Gasteiger partial charge < -0.3 is 9.47 Å². The topological polar surface area (TPSA) is 18.5 Å². The van der Waals surface area contributed by atoms with Gasteiger partial charge in [-0.15, -0.1) is 0 Å². The molecule has 2 aliphatic carbocycles. The normalized spacial score (nSPS) is 28.6. The molecule has 286 valence electrons. The van der Waals surface area contributed by atoms with E-state index in [2.05, 4.69) is 166 Å². The summed E-state index contributed by atoms with van der Waals surface area (Å²) in [5, 5.41) is 0. The van der Waals surface area contributed by atoms with Gasteiger partial charge >= 0.3 is 0 Å². The summed E-state index contributed by atoms with van der Waals surface area (Å²) in [6, 6.07) is 0. The third-order valence-corrected chi connectivity index (χ3v) is 9.89. The number of rotatable bonds is 0. The van der Waals surface area contributed by atoms with Crippen LogP contribution in [-0.4, -0.2) is 25.9 Å². The molecular weight excluding hydrogens is 572 g/mol. The molecule has 2 aliphatic heterocycles. The SMILES string of the molecule is CC(C)(C)C.CC(C)(C)C.CC(C)(C)C.CC(C)(C)C1CC2CCC1(C)C2(C)C.CC(C)(C)C1CCCO1.CC(C)(C)C1CCOC1. The summed E-state index contributed by atoms with van der Waals surface area (Å²) in [6.07, 6.45) is 8.70. The minimum absolute atomic E-state index is 0.358. The van der Waals surface area contributed by atoms with E-state index in [1.54, 1.807) is 0 Å². The summed E-state index contributed by atoms with van der Waals surface area (Å²) in [7, 11) is 0. The largest absolute Gasteiger partial charge is 0.381 e. The molecule has 0 radical (unpaired) electrons. The first-order chi connectivity index (χ1) is 20.4. The van der Waals surface area contributed by atoms with Crippen molar-refractivity contribution < 1.29 is 9.47 Å². The van der Waals surface area contributed by atoms with E-state index in [0.717, 1.165) is 37.6 Å². The Morgan fingerprint density at radius 2 is 0.936 bits per heavy atom. The maximum Gasteiger partial charge on any atom is 0.0624 e. The average Bonchev–Trinajstić information content (AvgIpc) is 3.54. The lowest BCUT2D eigenvalue weighted by Gasteiger charge is -2.45. The van der Waals surface area contributed by atoms with Crippen molar-refractivity contribution in [3.8, 4) is 0 Å². The maximum atomic E-state index is 5.52. The van der Waals surface area contributed by atoms with Gasteiger partial charge in [0.25, 0.3) is 0 Å². The van der Waals surface area contributed by atoms with E-state index in [1.807, 2.05) is 0 Å². The van der Waals surface area contributed by atoms with Crippen LogP contribution in [0.25, 0.3) is 0 Å². The molecule has 2 bridgehead atoms. The van der Waals surface area contributed by atoms with E-state index in [4.69, 9.17) is 9.47 Å². The first kappa shape index (κ1) is 49.0. The molecular formula is C45H94O2. The van der Waals surface area contributed by atoms with Crippen LogP contribution >= 0.6 is 0 Å². The van der Waals surface area contributed by atoms with Crippen molar-refractivity contribution >= 4 is 0 Å². The molecule has 5 unspecified atom stereocenters. The van der Waals surface area contributed by atoms with Crippen molar-refractivity contribution in [2.75, 3.05) is 19.8 Å². The molecule has 0 aromatic carbocycles. The van der Waals surface area contributed by atoms with Crippen molar-refractivity contribution in [2.45, 2.75) is 211 Å². The van der Waals surface area contributed by atoms with Gasteiger partial charge in [0.05, 0.1) is 6.10 Å². The van der Waals surface area contributed by atoms with Gasteiger partial charge in [-0.3, -0.25) is 0 Å². The minimum atomic E-state index is 0.358. The monoisotopic (exact) mass is 667 g/mol. The Morgan fingerprint density at radius 3 is 1.09 bits per heavy atom. The van der Waals surface area contributed by atoms with Gasteiger partial charge in [-0.1, -0.05) is 166 Å². The average molecular weight is 667 g/mol. The number of hydrogen-bond acceptors (Lipinski definition) is 2. The third kappa shape index (κ3) is 22.4. The Bertz CT molecular complexity index is 740. The minimum Gasteiger partial charge on any atom is -0.381 e. The molecule has 0 aromatic heterocycles. The number of fused-ring (bicyclic) bond motifs is 2. The Labute approximate surface area is 300 Å². The molecule has 4 aliphatic rings. The standard InChI is InChI=1S/C14H26.2C8H16O.3C5H12/c1-12(2,3)11-9-10-7-8-14(11,6)13(10,4)5;1-8(2,3)7-4-5-9-6-7;1-8(2,3)7-5-4-6-9-7;3*1-5(2,3)4/h10-11H,7-9H2,1-6H3;2*7H,4-6H2,1-3H3;3*1-4H3. The number of ether oxygens (including phenoxy) is 2. The van der Waals surface area contributed by atoms with Crippen LogP contribution in [0.5, 0.6) is 0 Å². The zero-order valence-electron chi connectivity index (χ0n) is 37.5. The molecule has 0 spiro atoms. The van der Waals surface area contributed by atoms with Crippen LogP contribution in [0, 0.1) is 61.1 Å². The zero-order valence-corrected chi connectivity index (χ0v) is 37.5. The molecule has 47 heavy (non-hydrogen) atoms. The maximum absolute atomic E-state index is 5.52. The summed E-state index contributed by atoms with van der Waals surface area (Å²) < 4.78 is 10.8. The predicted octanol–water partition coefficient (Wildman–Crippen LogP) is 14.9. The Hall–Kier alpha value is -0.0800. The fraction of sp³-hybridized carbons (Fsp3) is 1.00. The van der Waals surface area contributed by atoms with E-state index in [-0.39, 0.29) is 0 Å². The van der Waals surface area contributed by atoms with Gasteiger partial charge in [-0.05, 0) is 99.6 Å². The van der Waals surface area contributed by atoms with Crippen LogP contribution in [0.3, 0.4) is 0 Å². The lowest BCUT2D eigenvalue weighted by Crippen LogP contribution is -2.38. The Balaban J connectivity index is 0. The van der Waals surface area contributed by atoms with Gasteiger partial charge in [0.2, 0.25) is 0 Å². The highest BCUT2D eigenvalue weighted by molar-refractivity contribution is 5.12. The van der Waals surface area contributed by atoms with Crippen LogP contribution < -0.4 is 0 Å². The third-order valence-electron chi connectivity index (χ3n) is 9.89. The van der Waals surface area contributed by atoms with Gasteiger partial charge in [-0.2, -0.15) is 0 Å². The summed E-state index contributed by atoms with van der Waals surface area (Å²) in [4.78, 5) is 0. The lowest BCUT2D eigenvalue weighted by atomic mass is 9.60. The van der Waals surface area contributed by atoms with Crippen molar-refractivity contribution in [1.82, 2.24) is 0 Å². The fourth-order valence-electron chi connectivity index (χ4n) is 6.99. The molecule has 2 saturated carbocycles. The van der Waals surface area contributed by atoms with Crippen molar-refractivity contribution in [1.29, 1.82) is 0 Å². The number of hydrogen-bond donors (Lipinski definition) is 0. The molecule has 2 heterocycles. The first-order valence-electron chi connectivity index (χ1n) is 19.6. The molecule has 0 N–H and O–H groups in total. The van der Waals surface area contributed by atoms with E-state index >= 15 is 0 Å². The smallest absolute Gasteiger partial charge is 0.0624 e. The molecule has 2 nitrogen and oxygen atoms in total. The highest BCUT2D eigenvalue weighted by Gasteiger charge is 2.63. The van der Waals surface area contributed by atoms with Crippen molar-refractivity contribution in [3.63, 3.8) is 0 Å². The molecule has 0 aromatic rings. The predicted molar refractivity (Wildman–Crippen MR) is 214 cm³/mol. The molecule has 5 atom stereocenters. The summed E-state index contributed by atoms with van der Waals surface area (Å²) in [6.45, 7) is 57.6. The van der Waals surface area contributed by atoms with Gasteiger partial charge in [0.15, 0.2) is 0 Å². The fourth-order valence-corrected chi connectivity index (χ4v) is 6.99. The van der Waals surface area contributed by atoms with E-state index in [0.29, 0.717) is 49.4 Å². The van der Waals surface area contributed by atoms with E-state index in [9.17, 15) is 0 Å². The highest BCUT2D eigenvalue weighted by atomic mass is 16.5. The van der Waals surface area contributed by atoms with Crippen LogP contribution in [0.1, 0.15) is 205 Å². The summed E-state index contributed by atoms with van der Waals surface area (Å²) in [5.74, 6) is 2.72. The van der Waals surface area contributed by atoms with Gasteiger partial charge in [0.1, 0.15) is 0 Å². The molecule has 4 fully saturated rings. The second-order valence-electron chi connectivity index (χ2n) is 24.3. The van der Waals surface area contributed by atoms with Crippen LogP contribution in [0.4, 0.5) is 0 Å². The summed E-state index contributed by atoms with van der Waals surface area (Å²) >= 11 is 0. The second-order valence-corrected chi connectivity index (χ2v) is 24.3. The van der Waals surface area contributed by atoms with Gasteiger partial charge in [-0.25, -0.2) is 0 Å². The first-order valence-corrected chi connectivity index (χ1v) is 19.6. The van der Waals surface area contributed by atoms with E-state index < -0.39 is 0 Å². The molecule has 4 rings (SSSR count). The zero-order chi connectivity index (χ0) is 38.1. The van der Waals surface area contributed by atoms with Crippen LogP contribution in [0.15, 0.2) is 0 Å². The van der Waals surface area contributed by atoms with Crippen LogP contribution in [-0.2, 0) is 9.47 Å². The van der Waals surface area contributed by atoms with Crippen LogP contribution in [0.2, 0.25) is 0 Å². The Morgan fingerprint density at radius 1 is 0.511 bits per heavy atom. The molecule has 2 heteroatoms. The molecule has 0 amide bonds. The molecule has 2 saturated heterocycles. The highest BCUT2D eigenvalue weighted by Crippen LogP contribution is 2.71. The quantitative estimate of drug-likeness (QED) is 0.256.